The summed E-state index contributed by atoms with van der Waals surface area (Å²) in [5.41, 5.74) is 5.25. The second kappa shape index (κ2) is 4.66. The molecule has 1 unspecified atom stereocenters. The Hall–Kier alpha value is -0.170. The van der Waals surface area contributed by atoms with Crippen LogP contribution in [0.25, 0.3) is 0 Å². The van der Waals surface area contributed by atoms with Gasteiger partial charge in [0.1, 0.15) is 0 Å². The van der Waals surface area contributed by atoms with Crippen molar-refractivity contribution in [3.63, 3.8) is 0 Å². The molecule has 0 fully saturated rings. The van der Waals surface area contributed by atoms with Gasteiger partial charge in [-0.3, -0.25) is 0 Å². The van der Waals surface area contributed by atoms with Gasteiger partial charge in [-0.15, -0.1) is 0 Å². The van der Waals surface area contributed by atoms with E-state index in [0.29, 0.717) is 19.4 Å². The maximum atomic E-state index is 10.5. The molecule has 0 radical (unpaired) electrons. The lowest BCUT2D eigenvalue weighted by atomic mass is 10.2. The van der Waals surface area contributed by atoms with Crippen molar-refractivity contribution < 1.29 is 8.42 Å². The summed E-state index contributed by atoms with van der Waals surface area (Å²) in [6, 6.07) is -0.130. The van der Waals surface area contributed by atoms with Crippen LogP contribution in [-0.4, -0.2) is 21.0 Å². The molecule has 0 aliphatic carbocycles. The second-order valence-corrected chi connectivity index (χ2v) is 3.67. The van der Waals surface area contributed by atoms with Crippen LogP contribution in [0.4, 0.5) is 0 Å². The minimum absolute atomic E-state index is 0.130. The predicted molar refractivity (Wildman–Crippen MR) is 44.0 cm³/mol. The van der Waals surface area contributed by atoms with Crippen LogP contribution in [0.15, 0.2) is 0 Å². The molecule has 0 saturated heterocycles. The van der Waals surface area contributed by atoms with Gasteiger partial charge in [0.2, 0.25) is 0 Å². The molecule has 1 atom stereocenters. The van der Waals surface area contributed by atoms with Crippen molar-refractivity contribution in [2.45, 2.75) is 25.8 Å². The molecule has 0 rings (SSSR count). The molecule has 6 heteroatoms. The van der Waals surface area contributed by atoms with Crippen LogP contribution < -0.4 is 15.6 Å². The summed E-state index contributed by atoms with van der Waals surface area (Å²) in [5, 5.41) is 4.76. The molecule has 0 saturated carbocycles. The fourth-order valence-corrected chi connectivity index (χ4v) is 1.53. The summed E-state index contributed by atoms with van der Waals surface area (Å²) in [6.07, 6.45) is 1.32. The average molecular weight is 181 g/mol. The Morgan fingerprint density at radius 3 is 2.36 bits per heavy atom. The number of hydrogen-bond donors (Lipinski definition) is 3. The third kappa shape index (κ3) is 6.24. The van der Waals surface area contributed by atoms with E-state index in [9.17, 15) is 8.42 Å². The van der Waals surface area contributed by atoms with E-state index < -0.39 is 10.2 Å². The zero-order valence-corrected chi connectivity index (χ0v) is 7.39. The Morgan fingerprint density at radius 2 is 2.09 bits per heavy atom. The van der Waals surface area contributed by atoms with E-state index >= 15 is 0 Å². The SMILES string of the molecule is CCC(CCN)NS(N)(=O)=O. The van der Waals surface area contributed by atoms with Crippen molar-refractivity contribution in [2.75, 3.05) is 6.54 Å². The summed E-state index contributed by atoms with van der Waals surface area (Å²) in [5.74, 6) is 0. The van der Waals surface area contributed by atoms with E-state index in [1.807, 2.05) is 6.92 Å². The summed E-state index contributed by atoms with van der Waals surface area (Å²) < 4.78 is 23.3. The number of nitrogens with two attached hydrogens (primary N) is 2. The molecule has 0 bridgehead atoms. The molecule has 0 aromatic heterocycles. The molecule has 0 spiro atoms. The van der Waals surface area contributed by atoms with Crippen LogP contribution in [-0.2, 0) is 10.2 Å². The second-order valence-electron chi connectivity index (χ2n) is 2.35. The van der Waals surface area contributed by atoms with E-state index in [4.69, 9.17) is 10.9 Å². The van der Waals surface area contributed by atoms with E-state index in [-0.39, 0.29) is 6.04 Å². The lowest BCUT2D eigenvalue weighted by Crippen LogP contribution is -2.40. The largest absolute Gasteiger partial charge is 0.330 e. The van der Waals surface area contributed by atoms with E-state index in [1.165, 1.54) is 0 Å². The normalized spacial score (nSPS) is 14.8. The quantitative estimate of drug-likeness (QED) is 0.502. The van der Waals surface area contributed by atoms with E-state index in [1.54, 1.807) is 0 Å². The molecule has 0 aromatic rings. The first-order valence-electron chi connectivity index (χ1n) is 3.49. The maximum absolute atomic E-state index is 10.5. The van der Waals surface area contributed by atoms with Crippen LogP contribution >= 0.6 is 0 Å². The van der Waals surface area contributed by atoms with Gasteiger partial charge in [-0.05, 0) is 19.4 Å². The Bertz CT molecular complexity index is 190. The number of nitrogens with one attached hydrogen (secondary N) is 1. The molecular formula is C5H15N3O2S. The molecule has 0 heterocycles. The number of hydrogen-bond acceptors (Lipinski definition) is 3. The molecular weight excluding hydrogens is 166 g/mol. The molecule has 68 valence electrons. The third-order valence-corrected chi connectivity index (χ3v) is 2.00. The van der Waals surface area contributed by atoms with Crippen molar-refractivity contribution in [1.82, 2.24) is 4.72 Å². The third-order valence-electron chi connectivity index (χ3n) is 1.34. The minimum Gasteiger partial charge on any atom is -0.330 e. The molecule has 0 amide bonds. The van der Waals surface area contributed by atoms with E-state index in [2.05, 4.69) is 4.72 Å². The highest BCUT2D eigenvalue weighted by Gasteiger charge is 2.10. The Kier molecular flexibility index (Phi) is 4.58. The smallest absolute Gasteiger partial charge is 0.274 e. The highest BCUT2D eigenvalue weighted by molar-refractivity contribution is 7.87. The first-order valence-corrected chi connectivity index (χ1v) is 5.04. The van der Waals surface area contributed by atoms with Crippen LogP contribution in [0, 0.1) is 0 Å². The first-order chi connectivity index (χ1) is 4.99. The highest BCUT2D eigenvalue weighted by atomic mass is 32.2. The van der Waals surface area contributed by atoms with Gasteiger partial charge in [0.25, 0.3) is 10.2 Å². The van der Waals surface area contributed by atoms with Crippen molar-refractivity contribution in [3.05, 3.63) is 0 Å². The Morgan fingerprint density at radius 1 is 1.55 bits per heavy atom. The molecule has 11 heavy (non-hydrogen) atoms. The fraction of sp³-hybridized carbons (Fsp3) is 1.00. The van der Waals surface area contributed by atoms with Gasteiger partial charge in [-0.25, -0.2) is 5.14 Å². The predicted octanol–water partition coefficient (Wildman–Crippen LogP) is -1.09. The molecule has 0 aliphatic rings. The van der Waals surface area contributed by atoms with Gasteiger partial charge >= 0.3 is 0 Å². The summed E-state index contributed by atoms with van der Waals surface area (Å²) >= 11 is 0. The van der Waals surface area contributed by atoms with Gasteiger partial charge < -0.3 is 5.73 Å². The zero-order chi connectivity index (χ0) is 8.91. The standard InChI is InChI=1S/C5H15N3O2S/c1-2-5(3-4-6)8-11(7,9)10/h5,8H,2-4,6H2,1H3,(H2,7,9,10). The molecule has 5 N–H and O–H groups in total. The lowest BCUT2D eigenvalue weighted by molar-refractivity contribution is 0.522. The minimum atomic E-state index is -3.56. The van der Waals surface area contributed by atoms with Gasteiger partial charge in [0.05, 0.1) is 0 Å². The molecule has 0 aromatic carbocycles. The number of rotatable bonds is 5. The van der Waals surface area contributed by atoms with Crippen LogP contribution in [0.2, 0.25) is 0 Å². The highest BCUT2D eigenvalue weighted by Crippen LogP contribution is 1.95. The van der Waals surface area contributed by atoms with Crippen LogP contribution in [0.3, 0.4) is 0 Å². The van der Waals surface area contributed by atoms with Crippen LogP contribution in [0.5, 0.6) is 0 Å². The van der Waals surface area contributed by atoms with Crippen molar-refractivity contribution in [2.24, 2.45) is 10.9 Å². The average Bonchev–Trinajstić information content (AvgIpc) is 1.84. The zero-order valence-electron chi connectivity index (χ0n) is 6.58. The maximum Gasteiger partial charge on any atom is 0.274 e. The van der Waals surface area contributed by atoms with Crippen molar-refractivity contribution in [1.29, 1.82) is 0 Å². The summed E-state index contributed by atoms with van der Waals surface area (Å²) in [4.78, 5) is 0. The van der Waals surface area contributed by atoms with Crippen molar-refractivity contribution >= 4 is 10.2 Å². The molecule has 0 aliphatic heterocycles. The van der Waals surface area contributed by atoms with Gasteiger partial charge in [-0.1, -0.05) is 6.92 Å². The Labute approximate surface area is 67.3 Å². The van der Waals surface area contributed by atoms with Crippen molar-refractivity contribution in [3.8, 4) is 0 Å². The summed E-state index contributed by atoms with van der Waals surface area (Å²) in [7, 11) is -3.56. The van der Waals surface area contributed by atoms with Crippen LogP contribution in [0.1, 0.15) is 19.8 Å². The van der Waals surface area contributed by atoms with Gasteiger partial charge in [0, 0.05) is 6.04 Å². The Balaban J connectivity index is 3.88. The topological polar surface area (TPSA) is 98.2 Å². The van der Waals surface area contributed by atoms with Gasteiger partial charge in [0.15, 0.2) is 0 Å². The summed E-state index contributed by atoms with van der Waals surface area (Å²) in [6.45, 7) is 2.33. The first kappa shape index (κ1) is 10.8. The monoisotopic (exact) mass is 181 g/mol. The van der Waals surface area contributed by atoms with Gasteiger partial charge in [-0.2, -0.15) is 13.1 Å². The lowest BCUT2D eigenvalue weighted by Gasteiger charge is -2.12. The molecule has 5 nitrogen and oxygen atoms in total. The van der Waals surface area contributed by atoms with E-state index in [0.717, 1.165) is 0 Å². The fourth-order valence-electron chi connectivity index (χ4n) is 0.780.